The van der Waals surface area contributed by atoms with Gasteiger partial charge in [0.15, 0.2) is 0 Å². The summed E-state index contributed by atoms with van der Waals surface area (Å²) in [5.41, 5.74) is 1.34. The number of carbonyl (C=O) groups excluding carboxylic acids is 1. The number of nitrogens with zero attached hydrogens (tertiary/aromatic N) is 1. The van der Waals surface area contributed by atoms with E-state index < -0.39 is 10.0 Å². The highest BCUT2D eigenvalue weighted by molar-refractivity contribution is 7.92. The zero-order chi connectivity index (χ0) is 20.0. The van der Waals surface area contributed by atoms with Gasteiger partial charge < -0.3 is 5.32 Å². The lowest BCUT2D eigenvalue weighted by atomic mass is 10.2. The molecular weight excluding hydrogens is 384 g/mol. The van der Waals surface area contributed by atoms with Crippen molar-refractivity contribution in [3.63, 3.8) is 0 Å². The Hall–Kier alpha value is -2.05. The molecular formula is C20H25ClN2O3S. The number of rotatable bonds is 8. The van der Waals surface area contributed by atoms with E-state index in [-0.39, 0.29) is 23.4 Å². The lowest BCUT2D eigenvalue weighted by Crippen LogP contribution is -2.43. The van der Waals surface area contributed by atoms with Crippen molar-refractivity contribution in [1.82, 2.24) is 5.32 Å². The first-order chi connectivity index (χ1) is 12.7. The number of carbonyl (C=O) groups is 1. The number of halogens is 1. The molecule has 0 fully saturated rings. The van der Waals surface area contributed by atoms with Gasteiger partial charge in [-0.1, -0.05) is 42.6 Å². The van der Waals surface area contributed by atoms with Gasteiger partial charge in [-0.15, -0.1) is 0 Å². The summed E-state index contributed by atoms with van der Waals surface area (Å²) in [5.74, 6) is -0.346. The number of aryl methyl sites for hydroxylation is 1. The van der Waals surface area contributed by atoms with Gasteiger partial charge in [0.05, 0.1) is 10.6 Å². The second kappa shape index (κ2) is 9.24. The van der Waals surface area contributed by atoms with Crippen LogP contribution >= 0.6 is 11.6 Å². The van der Waals surface area contributed by atoms with E-state index in [4.69, 9.17) is 11.6 Å². The maximum atomic E-state index is 13.2. The molecule has 0 saturated heterocycles. The Morgan fingerprint density at radius 2 is 1.70 bits per heavy atom. The average molecular weight is 409 g/mol. The van der Waals surface area contributed by atoms with E-state index >= 15 is 0 Å². The molecule has 1 amide bonds. The number of benzene rings is 2. The molecule has 2 aromatic carbocycles. The zero-order valence-electron chi connectivity index (χ0n) is 15.8. The molecule has 0 saturated carbocycles. The Morgan fingerprint density at radius 3 is 2.26 bits per heavy atom. The van der Waals surface area contributed by atoms with Crippen molar-refractivity contribution in [2.45, 2.75) is 44.6 Å². The van der Waals surface area contributed by atoms with Crippen molar-refractivity contribution < 1.29 is 13.2 Å². The summed E-state index contributed by atoms with van der Waals surface area (Å²) in [7, 11) is -3.90. The standard InChI is InChI=1S/C20H25ClN2O3S/c1-4-5-16(3)22-20(24)14-23(18-10-8-17(21)9-11-18)27(25,26)19-12-6-15(2)7-13-19/h6-13,16H,4-5,14H2,1-3H3,(H,22,24)/t16-/m0/s1. The molecule has 0 unspecified atom stereocenters. The summed E-state index contributed by atoms with van der Waals surface area (Å²) in [6.45, 7) is 5.52. The van der Waals surface area contributed by atoms with Crippen LogP contribution in [0.15, 0.2) is 53.4 Å². The van der Waals surface area contributed by atoms with Crippen LogP contribution in [0, 0.1) is 6.92 Å². The van der Waals surface area contributed by atoms with Gasteiger partial charge in [0, 0.05) is 11.1 Å². The van der Waals surface area contributed by atoms with Crippen LogP contribution in [0.3, 0.4) is 0 Å². The number of sulfonamides is 1. The van der Waals surface area contributed by atoms with Crippen molar-refractivity contribution in [2.75, 3.05) is 10.8 Å². The molecule has 0 heterocycles. The van der Waals surface area contributed by atoms with Gasteiger partial charge in [-0.05, 0) is 56.7 Å². The SMILES string of the molecule is CCC[C@H](C)NC(=O)CN(c1ccc(Cl)cc1)S(=O)(=O)c1ccc(C)cc1. The molecule has 0 aromatic heterocycles. The first-order valence-corrected chi connectivity index (χ1v) is 10.7. The molecule has 2 aromatic rings. The molecule has 2 rings (SSSR count). The molecule has 0 bridgehead atoms. The quantitative estimate of drug-likeness (QED) is 0.713. The summed E-state index contributed by atoms with van der Waals surface area (Å²) in [6, 6.07) is 12.9. The minimum Gasteiger partial charge on any atom is -0.352 e. The monoisotopic (exact) mass is 408 g/mol. The topological polar surface area (TPSA) is 66.5 Å². The number of amides is 1. The lowest BCUT2D eigenvalue weighted by Gasteiger charge is -2.25. The molecule has 1 N–H and O–H groups in total. The Balaban J connectivity index is 2.36. The molecule has 146 valence electrons. The largest absolute Gasteiger partial charge is 0.352 e. The Bertz CT molecular complexity index is 865. The Morgan fingerprint density at radius 1 is 1.11 bits per heavy atom. The second-order valence-electron chi connectivity index (χ2n) is 6.56. The fraction of sp³-hybridized carbons (Fsp3) is 0.350. The highest BCUT2D eigenvalue weighted by Gasteiger charge is 2.27. The van der Waals surface area contributed by atoms with Crippen LogP contribution in [0.1, 0.15) is 32.3 Å². The number of anilines is 1. The van der Waals surface area contributed by atoms with Crippen LogP contribution < -0.4 is 9.62 Å². The van der Waals surface area contributed by atoms with E-state index in [0.717, 1.165) is 22.7 Å². The molecule has 0 spiro atoms. The molecule has 0 radical (unpaired) electrons. The predicted octanol–water partition coefficient (Wildman–Crippen LogP) is 4.15. The maximum Gasteiger partial charge on any atom is 0.264 e. The van der Waals surface area contributed by atoms with Crippen molar-refractivity contribution >= 4 is 33.2 Å². The van der Waals surface area contributed by atoms with Crippen molar-refractivity contribution in [2.24, 2.45) is 0 Å². The van der Waals surface area contributed by atoms with E-state index in [1.165, 1.54) is 0 Å². The van der Waals surface area contributed by atoms with Gasteiger partial charge in [0.2, 0.25) is 5.91 Å². The highest BCUT2D eigenvalue weighted by Crippen LogP contribution is 2.25. The molecule has 1 atom stereocenters. The Kier molecular flexibility index (Phi) is 7.27. The van der Waals surface area contributed by atoms with Gasteiger partial charge in [-0.25, -0.2) is 8.42 Å². The summed E-state index contributed by atoms with van der Waals surface area (Å²) >= 11 is 5.93. The van der Waals surface area contributed by atoms with E-state index in [0.29, 0.717) is 10.7 Å². The Labute approximate surface area is 166 Å². The first-order valence-electron chi connectivity index (χ1n) is 8.88. The lowest BCUT2D eigenvalue weighted by molar-refractivity contribution is -0.120. The highest BCUT2D eigenvalue weighted by atomic mass is 35.5. The summed E-state index contributed by atoms with van der Waals surface area (Å²) < 4.78 is 27.5. The minimum atomic E-state index is -3.90. The van der Waals surface area contributed by atoms with Crippen molar-refractivity contribution in [3.05, 3.63) is 59.1 Å². The number of nitrogens with one attached hydrogen (secondary N) is 1. The molecule has 0 aliphatic carbocycles. The fourth-order valence-corrected chi connectivity index (χ4v) is 4.26. The normalized spacial score (nSPS) is 12.4. The van der Waals surface area contributed by atoms with Crippen LogP contribution in [0.2, 0.25) is 5.02 Å². The third kappa shape index (κ3) is 5.71. The third-order valence-electron chi connectivity index (χ3n) is 4.14. The van der Waals surface area contributed by atoms with Crippen LogP contribution in [0.25, 0.3) is 0 Å². The third-order valence-corrected chi connectivity index (χ3v) is 6.18. The number of hydrogen-bond donors (Lipinski definition) is 1. The number of hydrogen-bond acceptors (Lipinski definition) is 3. The van der Waals surface area contributed by atoms with Gasteiger partial charge in [0.1, 0.15) is 6.54 Å². The summed E-state index contributed by atoms with van der Waals surface area (Å²) in [5, 5.41) is 3.35. The van der Waals surface area contributed by atoms with Crippen LogP contribution in [-0.2, 0) is 14.8 Å². The first kappa shape index (κ1) is 21.3. The minimum absolute atomic E-state index is 0.0170. The van der Waals surface area contributed by atoms with Gasteiger partial charge >= 0.3 is 0 Å². The van der Waals surface area contributed by atoms with Crippen molar-refractivity contribution in [1.29, 1.82) is 0 Å². The van der Waals surface area contributed by atoms with Crippen LogP contribution in [0.5, 0.6) is 0 Å². The average Bonchev–Trinajstić information content (AvgIpc) is 2.61. The van der Waals surface area contributed by atoms with Crippen LogP contribution in [0.4, 0.5) is 5.69 Å². The second-order valence-corrected chi connectivity index (χ2v) is 8.86. The van der Waals surface area contributed by atoms with Gasteiger partial charge in [-0.3, -0.25) is 9.10 Å². The van der Waals surface area contributed by atoms with E-state index in [9.17, 15) is 13.2 Å². The fourth-order valence-electron chi connectivity index (χ4n) is 2.72. The molecule has 5 nitrogen and oxygen atoms in total. The van der Waals surface area contributed by atoms with Gasteiger partial charge in [-0.2, -0.15) is 0 Å². The molecule has 0 aliphatic heterocycles. The maximum absolute atomic E-state index is 13.2. The van der Waals surface area contributed by atoms with E-state index in [1.807, 2.05) is 20.8 Å². The van der Waals surface area contributed by atoms with Crippen LogP contribution in [-0.4, -0.2) is 26.9 Å². The molecule has 27 heavy (non-hydrogen) atoms. The zero-order valence-corrected chi connectivity index (χ0v) is 17.3. The van der Waals surface area contributed by atoms with E-state index in [1.54, 1.807) is 48.5 Å². The summed E-state index contributed by atoms with van der Waals surface area (Å²) in [4.78, 5) is 12.6. The van der Waals surface area contributed by atoms with Gasteiger partial charge in [0.25, 0.3) is 10.0 Å². The predicted molar refractivity (Wildman–Crippen MR) is 110 cm³/mol. The molecule has 7 heteroatoms. The smallest absolute Gasteiger partial charge is 0.264 e. The molecule has 0 aliphatic rings. The summed E-state index contributed by atoms with van der Waals surface area (Å²) in [6.07, 6.45) is 1.77. The van der Waals surface area contributed by atoms with Crippen molar-refractivity contribution in [3.8, 4) is 0 Å². The van der Waals surface area contributed by atoms with E-state index in [2.05, 4.69) is 5.32 Å².